The van der Waals surface area contributed by atoms with Gasteiger partial charge < -0.3 is 11.1 Å². The van der Waals surface area contributed by atoms with Crippen LogP contribution in [0.1, 0.15) is 59.3 Å². The average Bonchev–Trinajstić information content (AvgIpc) is 2.38. The molecule has 1 aliphatic carbocycles. The number of amides is 1. The lowest BCUT2D eigenvalue weighted by Crippen LogP contribution is -2.50. The first-order chi connectivity index (χ1) is 8.43. The van der Waals surface area contributed by atoms with Crippen LogP contribution in [0.5, 0.6) is 0 Å². The van der Waals surface area contributed by atoms with Gasteiger partial charge in [0, 0.05) is 6.04 Å². The van der Waals surface area contributed by atoms with Crippen molar-refractivity contribution in [1.82, 2.24) is 5.32 Å². The second-order valence-electron chi connectivity index (χ2n) is 5.65. The summed E-state index contributed by atoms with van der Waals surface area (Å²) in [6.07, 6.45) is 6.51. The summed E-state index contributed by atoms with van der Waals surface area (Å²) >= 11 is 5.03. The van der Waals surface area contributed by atoms with Crippen molar-refractivity contribution in [3.63, 3.8) is 0 Å². The summed E-state index contributed by atoms with van der Waals surface area (Å²) in [6.45, 7) is 6.03. The summed E-state index contributed by atoms with van der Waals surface area (Å²) in [7, 11) is 0. The number of thiocarbonyl (C=S) groups is 1. The highest BCUT2D eigenvalue weighted by Gasteiger charge is 2.36. The van der Waals surface area contributed by atoms with Gasteiger partial charge in [0.15, 0.2) is 0 Å². The van der Waals surface area contributed by atoms with Crippen molar-refractivity contribution in [3.05, 3.63) is 0 Å². The van der Waals surface area contributed by atoms with Crippen LogP contribution < -0.4 is 11.1 Å². The molecule has 1 amide bonds. The maximum atomic E-state index is 12.3. The van der Waals surface area contributed by atoms with E-state index in [0.29, 0.717) is 17.5 Å². The van der Waals surface area contributed by atoms with Gasteiger partial charge in [0.2, 0.25) is 5.91 Å². The molecule has 4 heteroatoms. The maximum Gasteiger partial charge on any atom is 0.232 e. The normalized spacial score (nSPS) is 27.3. The zero-order valence-electron chi connectivity index (χ0n) is 11.8. The van der Waals surface area contributed by atoms with Crippen LogP contribution in [0, 0.1) is 11.3 Å². The molecule has 0 aliphatic heterocycles. The molecular weight excluding hydrogens is 244 g/mol. The van der Waals surface area contributed by atoms with E-state index in [1.165, 1.54) is 19.3 Å². The number of nitrogens with one attached hydrogen (secondary N) is 1. The fourth-order valence-electron chi connectivity index (χ4n) is 2.51. The van der Waals surface area contributed by atoms with Crippen molar-refractivity contribution in [2.45, 2.75) is 65.3 Å². The summed E-state index contributed by atoms with van der Waals surface area (Å²) in [6, 6.07) is 0.306. The standard InChI is InChI=1S/C14H26N2OS/c1-4-10-6-8-11(9-7-10)16-13(17)14(3,5-2)12(15)18/h10-11H,4-9H2,1-3H3,(H2,15,18)(H,16,17). The lowest BCUT2D eigenvalue weighted by Gasteiger charge is -2.32. The molecule has 1 unspecified atom stereocenters. The third kappa shape index (κ3) is 3.44. The van der Waals surface area contributed by atoms with Gasteiger partial charge in [-0.3, -0.25) is 4.79 Å². The Hall–Kier alpha value is -0.640. The minimum Gasteiger partial charge on any atom is -0.392 e. The van der Waals surface area contributed by atoms with E-state index in [4.69, 9.17) is 18.0 Å². The summed E-state index contributed by atoms with van der Waals surface area (Å²) in [5, 5.41) is 3.13. The van der Waals surface area contributed by atoms with Gasteiger partial charge in [-0.05, 0) is 44.9 Å². The van der Waals surface area contributed by atoms with E-state index in [0.717, 1.165) is 18.8 Å². The van der Waals surface area contributed by atoms with Gasteiger partial charge >= 0.3 is 0 Å². The predicted molar refractivity (Wildman–Crippen MR) is 79.4 cm³/mol. The van der Waals surface area contributed by atoms with Gasteiger partial charge in [-0.1, -0.05) is 32.5 Å². The summed E-state index contributed by atoms with van der Waals surface area (Å²) in [5.74, 6) is 0.837. The molecule has 0 spiro atoms. The Labute approximate surface area is 116 Å². The molecule has 0 bridgehead atoms. The molecule has 3 N–H and O–H groups in total. The predicted octanol–water partition coefficient (Wildman–Crippen LogP) is 2.77. The molecular formula is C14H26N2OS. The van der Waals surface area contributed by atoms with Crippen molar-refractivity contribution in [2.24, 2.45) is 17.1 Å². The van der Waals surface area contributed by atoms with E-state index in [1.54, 1.807) is 0 Å². The number of hydrogen-bond donors (Lipinski definition) is 2. The van der Waals surface area contributed by atoms with Crippen molar-refractivity contribution < 1.29 is 4.79 Å². The molecule has 1 saturated carbocycles. The molecule has 3 nitrogen and oxygen atoms in total. The summed E-state index contributed by atoms with van der Waals surface area (Å²) < 4.78 is 0. The van der Waals surface area contributed by atoms with Crippen LogP contribution >= 0.6 is 12.2 Å². The van der Waals surface area contributed by atoms with E-state index < -0.39 is 5.41 Å². The monoisotopic (exact) mass is 270 g/mol. The lowest BCUT2D eigenvalue weighted by atomic mass is 9.82. The van der Waals surface area contributed by atoms with Gasteiger partial charge in [-0.25, -0.2) is 0 Å². The molecule has 0 radical (unpaired) electrons. The second-order valence-corrected chi connectivity index (χ2v) is 6.09. The zero-order valence-corrected chi connectivity index (χ0v) is 12.6. The maximum absolute atomic E-state index is 12.3. The molecule has 18 heavy (non-hydrogen) atoms. The zero-order chi connectivity index (χ0) is 13.8. The number of carbonyl (C=O) groups excluding carboxylic acids is 1. The molecule has 1 fully saturated rings. The Morgan fingerprint density at radius 1 is 1.33 bits per heavy atom. The number of nitrogens with two attached hydrogens (primary N) is 1. The first-order valence-electron chi connectivity index (χ1n) is 7.04. The molecule has 0 aromatic rings. The largest absolute Gasteiger partial charge is 0.392 e. The topological polar surface area (TPSA) is 55.1 Å². The highest BCUT2D eigenvalue weighted by atomic mass is 32.1. The van der Waals surface area contributed by atoms with Crippen LogP contribution in [0.3, 0.4) is 0 Å². The van der Waals surface area contributed by atoms with Crippen molar-refractivity contribution in [2.75, 3.05) is 0 Å². The smallest absolute Gasteiger partial charge is 0.232 e. The molecule has 0 heterocycles. The lowest BCUT2D eigenvalue weighted by molar-refractivity contribution is -0.128. The third-order valence-electron chi connectivity index (χ3n) is 4.51. The highest BCUT2D eigenvalue weighted by molar-refractivity contribution is 7.80. The van der Waals surface area contributed by atoms with E-state index in [9.17, 15) is 4.79 Å². The van der Waals surface area contributed by atoms with E-state index in [1.807, 2.05) is 13.8 Å². The van der Waals surface area contributed by atoms with Gasteiger partial charge in [0.25, 0.3) is 0 Å². The Morgan fingerprint density at radius 3 is 2.28 bits per heavy atom. The van der Waals surface area contributed by atoms with Crippen LogP contribution in [-0.2, 0) is 4.79 Å². The van der Waals surface area contributed by atoms with Crippen LogP contribution in [-0.4, -0.2) is 16.9 Å². The third-order valence-corrected chi connectivity index (χ3v) is 4.96. The van der Waals surface area contributed by atoms with Crippen LogP contribution in [0.4, 0.5) is 0 Å². The number of carbonyl (C=O) groups is 1. The van der Waals surface area contributed by atoms with E-state index in [2.05, 4.69) is 12.2 Å². The van der Waals surface area contributed by atoms with E-state index in [-0.39, 0.29) is 5.91 Å². The van der Waals surface area contributed by atoms with Crippen LogP contribution in [0.15, 0.2) is 0 Å². The van der Waals surface area contributed by atoms with Crippen molar-refractivity contribution >= 4 is 23.1 Å². The number of rotatable bonds is 5. The van der Waals surface area contributed by atoms with Crippen molar-refractivity contribution in [3.8, 4) is 0 Å². The Bertz CT molecular complexity index is 311. The Balaban J connectivity index is 2.53. The fraction of sp³-hybridized carbons (Fsp3) is 0.857. The molecule has 1 rings (SSSR count). The summed E-state index contributed by atoms with van der Waals surface area (Å²) in [5.41, 5.74) is 5.00. The van der Waals surface area contributed by atoms with Crippen LogP contribution in [0.25, 0.3) is 0 Å². The first-order valence-corrected chi connectivity index (χ1v) is 7.45. The minimum atomic E-state index is -0.697. The highest BCUT2D eigenvalue weighted by Crippen LogP contribution is 2.28. The quantitative estimate of drug-likeness (QED) is 0.755. The molecule has 1 aliphatic rings. The molecule has 0 aromatic heterocycles. The molecule has 104 valence electrons. The SMILES string of the molecule is CCC1CCC(NC(=O)C(C)(CC)C(N)=S)CC1. The molecule has 0 aromatic carbocycles. The van der Waals surface area contributed by atoms with Crippen molar-refractivity contribution in [1.29, 1.82) is 0 Å². The summed E-state index contributed by atoms with van der Waals surface area (Å²) in [4.78, 5) is 12.6. The molecule has 0 saturated heterocycles. The Morgan fingerprint density at radius 2 is 1.89 bits per heavy atom. The minimum absolute atomic E-state index is 0.00236. The second kappa shape index (κ2) is 6.50. The van der Waals surface area contributed by atoms with Gasteiger partial charge in [0.05, 0.1) is 10.4 Å². The van der Waals surface area contributed by atoms with Gasteiger partial charge in [0.1, 0.15) is 0 Å². The van der Waals surface area contributed by atoms with Gasteiger partial charge in [-0.2, -0.15) is 0 Å². The average molecular weight is 270 g/mol. The number of hydrogen-bond acceptors (Lipinski definition) is 2. The van der Waals surface area contributed by atoms with Crippen LogP contribution in [0.2, 0.25) is 0 Å². The molecule has 1 atom stereocenters. The first kappa shape index (κ1) is 15.4. The van der Waals surface area contributed by atoms with E-state index >= 15 is 0 Å². The van der Waals surface area contributed by atoms with Gasteiger partial charge in [-0.15, -0.1) is 0 Å². The fourth-order valence-corrected chi connectivity index (χ4v) is 2.74. The Kier molecular flexibility index (Phi) is 5.57.